The van der Waals surface area contributed by atoms with Gasteiger partial charge < -0.3 is 5.11 Å². The highest BCUT2D eigenvalue weighted by Crippen LogP contribution is 2.36. The lowest BCUT2D eigenvalue weighted by Crippen LogP contribution is -2.16. The van der Waals surface area contributed by atoms with Crippen molar-refractivity contribution < 1.29 is 13.5 Å². The highest BCUT2D eigenvalue weighted by atomic mass is 32.2. The van der Waals surface area contributed by atoms with Crippen molar-refractivity contribution in [3.05, 3.63) is 41.7 Å². The molecule has 1 aromatic carbocycles. The van der Waals surface area contributed by atoms with E-state index in [1.54, 1.807) is 30.8 Å². The van der Waals surface area contributed by atoms with E-state index in [0.717, 1.165) is 0 Å². The van der Waals surface area contributed by atoms with Crippen molar-refractivity contribution >= 4 is 26.7 Å². The fraction of sp³-hybridized carbons (Fsp3) is 0.333. The zero-order valence-corrected chi connectivity index (χ0v) is 16.2. The first kappa shape index (κ1) is 18.2. The number of aryl methyl sites for hydroxylation is 2. The fourth-order valence-electron chi connectivity index (χ4n) is 2.87. The minimum atomic E-state index is -3.91. The van der Waals surface area contributed by atoms with Crippen LogP contribution in [0.2, 0.25) is 0 Å². The van der Waals surface area contributed by atoms with Gasteiger partial charge in [-0.25, -0.2) is 13.4 Å². The number of benzene rings is 1. The van der Waals surface area contributed by atoms with E-state index in [-0.39, 0.29) is 21.7 Å². The zero-order chi connectivity index (χ0) is 19.3. The summed E-state index contributed by atoms with van der Waals surface area (Å²) in [5.74, 6) is -0.0739. The molecule has 0 bridgehead atoms. The van der Waals surface area contributed by atoms with Gasteiger partial charge in [0.2, 0.25) is 0 Å². The molecule has 0 radical (unpaired) electrons. The number of rotatable bonds is 3. The van der Waals surface area contributed by atoms with Crippen LogP contribution in [-0.2, 0) is 22.5 Å². The molecule has 0 aliphatic heterocycles. The number of aromatic hydroxyl groups is 1. The molecule has 0 aliphatic carbocycles. The third kappa shape index (κ3) is 3.12. The molecule has 0 atom stereocenters. The van der Waals surface area contributed by atoms with Gasteiger partial charge >= 0.3 is 0 Å². The third-order valence-corrected chi connectivity index (χ3v) is 5.57. The van der Waals surface area contributed by atoms with Crippen LogP contribution in [-0.4, -0.2) is 28.3 Å². The van der Waals surface area contributed by atoms with Crippen molar-refractivity contribution in [2.75, 3.05) is 4.72 Å². The van der Waals surface area contributed by atoms with Crippen LogP contribution in [0.1, 0.15) is 32.0 Å². The van der Waals surface area contributed by atoms with Crippen molar-refractivity contribution in [2.24, 2.45) is 7.05 Å². The number of nitrogens with one attached hydrogen (secondary N) is 1. The Hall–Kier alpha value is -2.61. The zero-order valence-electron chi connectivity index (χ0n) is 15.4. The summed E-state index contributed by atoms with van der Waals surface area (Å²) in [6.07, 6.45) is 1.29. The van der Waals surface area contributed by atoms with Gasteiger partial charge in [0.15, 0.2) is 5.65 Å². The van der Waals surface area contributed by atoms with Gasteiger partial charge in [-0.05, 0) is 24.5 Å². The van der Waals surface area contributed by atoms with Gasteiger partial charge in [-0.3, -0.25) is 9.40 Å². The molecular formula is C18H22N4O3S. The average Bonchev–Trinajstić information content (AvgIpc) is 2.82. The minimum Gasteiger partial charge on any atom is -0.505 e. The molecule has 0 fully saturated rings. The summed E-state index contributed by atoms with van der Waals surface area (Å²) < 4.78 is 29.6. The molecule has 2 heterocycles. The summed E-state index contributed by atoms with van der Waals surface area (Å²) in [5.41, 5.74) is 1.79. The Kier molecular flexibility index (Phi) is 4.18. The summed E-state index contributed by atoms with van der Waals surface area (Å²) in [6.45, 7) is 7.64. The largest absolute Gasteiger partial charge is 0.505 e. The molecule has 7 nitrogen and oxygen atoms in total. The topological polar surface area (TPSA) is 97.1 Å². The molecule has 2 aromatic heterocycles. The number of para-hydroxylation sites is 1. The number of hydrogen-bond acceptors (Lipinski definition) is 5. The predicted octanol–water partition coefficient (Wildman–Crippen LogP) is 3.08. The van der Waals surface area contributed by atoms with Gasteiger partial charge in [-0.2, -0.15) is 5.10 Å². The van der Waals surface area contributed by atoms with Crippen LogP contribution in [0.4, 0.5) is 5.69 Å². The Labute approximate surface area is 152 Å². The smallest absolute Gasteiger partial charge is 0.263 e. The highest BCUT2D eigenvalue weighted by molar-refractivity contribution is 7.92. The Morgan fingerprint density at radius 3 is 2.58 bits per heavy atom. The molecule has 0 spiro atoms. The Bertz CT molecular complexity index is 1100. The number of anilines is 1. The summed E-state index contributed by atoms with van der Waals surface area (Å²) in [7, 11) is -2.15. The number of aromatic nitrogens is 3. The SMILES string of the molecule is Cc1nn(C)c2ncc(S(=O)(=O)Nc3cccc(C(C)(C)C)c3O)cc12. The maximum atomic E-state index is 12.8. The molecule has 3 rings (SSSR count). The van der Waals surface area contributed by atoms with Crippen molar-refractivity contribution in [3.8, 4) is 5.75 Å². The van der Waals surface area contributed by atoms with Crippen molar-refractivity contribution in [3.63, 3.8) is 0 Å². The molecule has 0 saturated heterocycles. The number of nitrogens with zero attached hydrogens (tertiary/aromatic N) is 3. The van der Waals surface area contributed by atoms with Crippen LogP contribution in [0.3, 0.4) is 0 Å². The predicted molar refractivity (Wildman–Crippen MR) is 101 cm³/mol. The summed E-state index contributed by atoms with van der Waals surface area (Å²) in [5, 5.41) is 15.4. The van der Waals surface area contributed by atoms with Crippen LogP contribution < -0.4 is 4.72 Å². The van der Waals surface area contributed by atoms with E-state index in [2.05, 4.69) is 14.8 Å². The van der Waals surface area contributed by atoms with Gasteiger partial charge in [0.05, 0.1) is 11.4 Å². The molecule has 0 aliphatic rings. The quantitative estimate of drug-likeness (QED) is 0.687. The van der Waals surface area contributed by atoms with E-state index < -0.39 is 10.0 Å². The summed E-state index contributed by atoms with van der Waals surface area (Å²) in [4.78, 5) is 4.22. The summed E-state index contributed by atoms with van der Waals surface area (Å²) in [6, 6.07) is 6.56. The maximum absolute atomic E-state index is 12.8. The Morgan fingerprint density at radius 1 is 1.23 bits per heavy atom. The maximum Gasteiger partial charge on any atom is 0.263 e. The first-order valence-electron chi connectivity index (χ1n) is 8.15. The van der Waals surface area contributed by atoms with Gasteiger partial charge in [0.25, 0.3) is 10.0 Å². The lowest BCUT2D eigenvalue weighted by Gasteiger charge is -2.22. The molecule has 8 heteroatoms. The number of pyridine rings is 1. The first-order chi connectivity index (χ1) is 12.0. The third-order valence-electron chi connectivity index (χ3n) is 4.24. The number of hydrogen-bond donors (Lipinski definition) is 2. The van der Waals surface area contributed by atoms with E-state index >= 15 is 0 Å². The van der Waals surface area contributed by atoms with Gasteiger partial charge in [-0.15, -0.1) is 0 Å². The fourth-order valence-corrected chi connectivity index (χ4v) is 3.91. The van der Waals surface area contributed by atoms with Crippen molar-refractivity contribution in [2.45, 2.75) is 38.0 Å². The summed E-state index contributed by atoms with van der Waals surface area (Å²) >= 11 is 0. The Morgan fingerprint density at radius 2 is 1.92 bits per heavy atom. The second-order valence-electron chi connectivity index (χ2n) is 7.31. The standard InChI is InChI=1S/C18H22N4O3S/c1-11-13-9-12(10-19-17(13)22(5)20-11)26(24,25)21-15-8-6-7-14(16(15)23)18(2,3)4/h6-10,21,23H,1-5H3. The molecule has 0 saturated carbocycles. The van der Waals surface area contributed by atoms with E-state index in [4.69, 9.17) is 0 Å². The van der Waals surface area contributed by atoms with Crippen LogP contribution in [0, 0.1) is 6.92 Å². The minimum absolute atomic E-state index is 0.0154. The van der Waals surface area contributed by atoms with E-state index in [1.807, 2.05) is 20.8 Å². The van der Waals surface area contributed by atoms with Gasteiger partial charge in [0.1, 0.15) is 10.6 Å². The molecule has 2 N–H and O–H groups in total. The molecular weight excluding hydrogens is 352 g/mol. The van der Waals surface area contributed by atoms with Crippen LogP contribution in [0.5, 0.6) is 5.75 Å². The molecule has 138 valence electrons. The lowest BCUT2D eigenvalue weighted by molar-refractivity contribution is 0.449. The highest BCUT2D eigenvalue weighted by Gasteiger charge is 2.23. The molecule has 3 aromatic rings. The van der Waals surface area contributed by atoms with Gasteiger partial charge in [0, 0.05) is 24.2 Å². The number of sulfonamides is 1. The van der Waals surface area contributed by atoms with E-state index in [0.29, 0.717) is 22.3 Å². The second-order valence-corrected chi connectivity index (χ2v) is 8.99. The Balaban J connectivity index is 2.04. The number of fused-ring (bicyclic) bond motifs is 1. The second kappa shape index (κ2) is 5.98. The average molecular weight is 374 g/mol. The van der Waals surface area contributed by atoms with Crippen LogP contribution in [0.25, 0.3) is 11.0 Å². The molecule has 0 unspecified atom stereocenters. The van der Waals surface area contributed by atoms with E-state index in [1.165, 1.54) is 18.3 Å². The van der Waals surface area contributed by atoms with Gasteiger partial charge in [-0.1, -0.05) is 32.9 Å². The van der Waals surface area contributed by atoms with Crippen molar-refractivity contribution in [1.82, 2.24) is 14.8 Å². The van der Waals surface area contributed by atoms with Crippen LogP contribution >= 0.6 is 0 Å². The van der Waals surface area contributed by atoms with Crippen molar-refractivity contribution in [1.29, 1.82) is 0 Å². The normalized spacial score (nSPS) is 12.5. The number of phenolic OH excluding ortho intramolecular Hbond substituents is 1. The molecule has 26 heavy (non-hydrogen) atoms. The molecule has 0 amide bonds. The number of phenols is 1. The monoisotopic (exact) mass is 374 g/mol. The lowest BCUT2D eigenvalue weighted by atomic mass is 9.86. The first-order valence-corrected chi connectivity index (χ1v) is 9.63. The van der Waals surface area contributed by atoms with Crippen LogP contribution in [0.15, 0.2) is 35.4 Å². The van der Waals surface area contributed by atoms with E-state index in [9.17, 15) is 13.5 Å².